The maximum absolute atomic E-state index is 8.62. The molecule has 58 valence electrons. The molecule has 0 fully saturated rings. The highest BCUT2D eigenvalue weighted by molar-refractivity contribution is 4.96. The van der Waals surface area contributed by atoms with Crippen molar-refractivity contribution in [1.29, 1.82) is 0 Å². The number of hydrogen-bond acceptors (Lipinski definition) is 1. The van der Waals surface area contributed by atoms with Gasteiger partial charge in [-0.15, -0.1) is 11.8 Å². The lowest BCUT2D eigenvalue weighted by molar-refractivity contribution is 0.256. The predicted octanol–water partition coefficient (Wildman–Crippen LogP) is 1.81. The van der Waals surface area contributed by atoms with Gasteiger partial charge >= 0.3 is 0 Å². The zero-order valence-electron chi connectivity index (χ0n) is 6.85. The minimum absolute atomic E-state index is 0.296. The summed E-state index contributed by atoms with van der Waals surface area (Å²) >= 11 is 0. The predicted molar refractivity (Wildman–Crippen MR) is 43.6 cm³/mol. The standard InChI is InChI=1S/C9H16O/c1-3-5-6-9(4-2)7-8-10/h9-10H,4,6-8H2,1-2H3. The fraction of sp³-hybridized carbons (Fsp3) is 0.778. The quantitative estimate of drug-likeness (QED) is 0.590. The number of rotatable bonds is 4. The minimum atomic E-state index is 0.296. The van der Waals surface area contributed by atoms with Crippen molar-refractivity contribution in [2.75, 3.05) is 6.61 Å². The first kappa shape index (κ1) is 9.52. The first-order chi connectivity index (χ1) is 4.85. The van der Waals surface area contributed by atoms with E-state index in [4.69, 9.17) is 5.11 Å². The highest BCUT2D eigenvalue weighted by Gasteiger charge is 2.01. The summed E-state index contributed by atoms with van der Waals surface area (Å²) in [6.07, 6.45) is 2.95. The Hall–Kier alpha value is -0.480. The molecule has 1 nitrogen and oxygen atoms in total. The van der Waals surface area contributed by atoms with Crippen LogP contribution in [0.4, 0.5) is 0 Å². The Bertz CT molecular complexity index is 118. The molecule has 1 N–H and O–H groups in total. The van der Waals surface area contributed by atoms with Gasteiger partial charge in [-0.3, -0.25) is 0 Å². The summed E-state index contributed by atoms with van der Waals surface area (Å²) in [7, 11) is 0. The molecule has 1 atom stereocenters. The summed E-state index contributed by atoms with van der Waals surface area (Å²) < 4.78 is 0. The molecule has 0 saturated heterocycles. The van der Waals surface area contributed by atoms with Gasteiger partial charge in [-0.25, -0.2) is 0 Å². The van der Waals surface area contributed by atoms with E-state index in [1.54, 1.807) is 0 Å². The van der Waals surface area contributed by atoms with Gasteiger partial charge in [-0.2, -0.15) is 0 Å². The van der Waals surface area contributed by atoms with Gasteiger partial charge in [-0.05, 0) is 19.3 Å². The van der Waals surface area contributed by atoms with E-state index in [0.29, 0.717) is 12.5 Å². The van der Waals surface area contributed by atoms with Crippen LogP contribution in [0.5, 0.6) is 0 Å². The van der Waals surface area contributed by atoms with Gasteiger partial charge in [0.25, 0.3) is 0 Å². The molecule has 0 aromatic carbocycles. The van der Waals surface area contributed by atoms with Crippen LogP contribution in [0.3, 0.4) is 0 Å². The molecule has 0 spiro atoms. The van der Waals surface area contributed by atoms with Crippen molar-refractivity contribution in [2.45, 2.75) is 33.1 Å². The third-order valence-electron chi connectivity index (χ3n) is 1.68. The monoisotopic (exact) mass is 140 g/mol. The lowest BCUT2D eigenvalue weighted by Crippen LogP contribution is -1.99. The van der Waals surface area contributed by atoms with Crippen molar-refractivity contribution >= 4 is 0 Å². The van der Waals surface area contributed by atoms with Gasteiger partial charge in [0.15, 0.2) is 0 Å². The molecular weight excluding hydrogens is 124 g/mol. The van der Waals surface area contributed by atoms with Gasteiger partial charge in [-0.1, -0.05) is 13.3 Å². The van der Waals surface area contributed by atoms with Crippen molar-refractivity contribution in [3.8, 4) is 11.8 Å². The van der Waals surface area contributed by atoms with Crippen molar-refractivity contribution < 1.29 is 5.11 Å². The van der Waals surface area contributed by atoms with Crippen LogP contribution in [0.25, 0.3) is 0 Å². The second-order valence-corrected chi connectivity index (χ2v) is 2.42. The van der Waals surface area contributed by atoms with Crippen molar-refractivity contribution in [3.63, 3.8) is 0 Å². The van der Waals surface area contributed by atoms with Crippen LogP contribution < -0.4 is 0 Å². The Labute approximate surface area is 63.5 Å². The molecule has 0 aliphatic carbocycles. The molecule has 0 heterocycles. The average Bonchev–Trinajstić information content (AvgIpc) is 1.98. The fourth-order valence-corrected chi connectivity index (χ4v) is 0.879. The number of aliphatic hydroxyl groups excluding tert-OH is 1. The Morgan fingerprint density at radius 2 is 2.20 bits per heavy atom. The van der Waals surface area contributed by atoms with E-state index in [9.17, 15) is 0 Å². The Kier molecular flexibility index (Phi) is 6.32. The topological polar surface area (TPSA) is 20.2 Å². The second kappa shape index (κ2) is 6.64. The maximum Gasteiger partial charge on any atom is 0.0434 e. The molecule has 1 heteroatoms. The van der Waals surface area contributed by atoms with Crippen LogP contribution >= 0.6 is 0 Å². The lowest BCUT2D eigenvalue weighted by Gasteiger charge is -2.07. The van der Waals surface area contributed by atoms with Gasteiger partial charge in [0, 0.05) is 13.0 Å². The van der Waals surface area contributed by atoms with Crippen LogP contribution in [0, 0.1) is 17.8 Å². The molecule has 10 heavy (non-hydrogen) atoms. The summed E-state index contributed by atoms with van der Waals surface area (Å²) in [5.41, 5.74) is 0. The molecule has 1 unspecified atom stereocenters. The van der Waals surface area contributed by atoms with Crippen LogP contribution in [0.1, 0.15) is 33.1 Å². The summed E-state index contributed by atoms with van der Waals surface area (Å²) in [5.74, 6) is 6.48. The SMILES string of the molecule is CC#CCC(CC)CCO. The summed E-state index contributed by atoms with van der Waals surface area (Å²) in [5, 5.41) is 8.62. The van der Waals surface area contributed by atoms with Crippen molar-refractivity contribution in [2.24, 2.45) is 5.92 Å². The molecule has 0 radical (unpaired) electrons. The second-order valence-electron chi connectivity index (χ2n) is 2.42. The molecule has 0 aliphatic rings. The molecule has 0 saturated carbocycles. The first-order valence-electron chi connectivity index (χ1n) is 3.85. The smallest absolute Gasteiger partial charge is 0.0434 e. The Balaban J connectivity index is 3.45. The highest BCUT2D eigenvalue weighted by Crippen LogP contribution is 2.10. The maximum atomic E-state index is 8.62. The molecule has 0 amide bonds. The van der Waals surface area contributed by atoms with E-state index in [1.165, 1.54) is 0 Å². The third-order valence-corrected chi connectivity index (χ3v) is 1.68. The Morgan fingerprint density at radius 1 is 1.50 bits per heavy atom. The zero-order valence-corrected chi connectivity index (χ0v) is 6.85. The average molecular weight is 140 g/mol. The molecule has 0 rings (SSSR count). The third kappa shape index (κ3) is 4.40. The van der Waals surface area contributed by atoms with Gasteiger partial charge in [0.1, 0.15) is 0 Å². The first-order valence-corrected chi connectivity index (χ1v) is 3.85. The summed E-state index contributed by atoms with van der Waals surface area (Å²) in [4.78, 5) is 0. The molecular formula is C9H16O. The minimum Gasteiger partial charge on any atom is -0.396 e. The van der Waals surface area contributed by atoms with E-state index in [2.05, 4.69) is 18.8 Å². The van der Waals surface area contributed by atoms with Crippen LogP contribution in [0.2, 0.25) is 0 Å². The number of aliphatic hydroxyl groups is 1. The molecule has 0 aromatic heterocycles. The lowest BCUT2D eigenvalue weighted by atomic mass is 9.99. The van der Waals surface area contributed by atoms with Gasteiger partial charge in [0.05, 0.1) is 0 Å². The Morgan fingerprint density at radius 3 is 2.60 bits per heavy atom. The zero-order chi connectivity index (χ0) is 7.82. The van der Waals surface area contributed by atoms with Crippen molar-refractivity contribution in [3.05, 3.63) is 0 Å². The van der Waals surface area contributed by atoms with E-state index >= 15 is 0 Å². The normalized spacial score (nSPS) is 11.9. The van der Waals surface area contributed by atoms with Crippen LogP contribution in [-0.4, -0.2) is 11.7 Å². The van der Waals surface area contributed by atoms with E-state index in [-0.39, 0.29) is 0 Å². The molecule has 0 aliphatic heterocycles. The molecule has 0 aromatic rings. The van der Waals surface area contributed by atoms with Gasteiger partial charge < -0.3 is 5.11 Å². The fourth-order valence-electron chi connectivity index (χ4n) is 0.879. The van der Waals surface area contributed by atoms with Crippen molar-refractivity contribution in [1.82, 2.24) is 0 Å². The van der Waals surface area contributed by atoms with E-state index in [0.717, 1.165) is 19.3 Å². The largest absolute Gasteiger partial charge is 0.396 e. The molecule has 0 bridgehead atoms. The van der Waals surface area contributed by atoms with E-state index in [1.807, 2.05) is 6.92 Å². The van der Waals surface area contributed by atoms with Crippen LogP contribution in [-0.2, 0) is 0 Å². The van der Waals surface area contributed by atoms with Gasteiger partial charge in [0.2, 0.25) is 0 Å². The number of hydrogen-bond donors (Lipinski definition) is 1. The summed E-state index contributed by atoms with van der Waals surface area (Å²) in [6, 6.07) is 0. The summed E-state index contributed by atoms with van der Waals surface area (Å²) in [6.45, 7) is 4.28. The van der Waals surface area contributed by atoms with Crippen LogP contribution in [0.15, 0.2) is 0 Å². The highest BCUT2D eigenvalue weighted by atomic mass is 16.3. The van der Waals surface area contributed by atoms with E-state index < -0.39 is 0 Å².